The Morgan fingerprint density at radius 3 is 2.47 bits per heavy atom. The van der Waals surface area contributed by atoms with E-state index in [0.29, 0.717) is 0 Å². The molecule has 1 saturated heterocycles. The molecule has 3 heterocycles. The fourth-order valence-electron chi connectivity index (χ4n) is 4.63. The molecule has 1 N–H and O–H groups in total. The minimum absolute atomic E-state index is 0.127. The van der Waals surface area contributed by atoms with Crippen LogP contribution in [0.5, 0.6) is 0 Å². The Balaban J connectivity index is 1.64. The zero-order chi connectivity index (χ0) is 23.0. The van der Waals surface area contributed by atoms with Crippen molar-refractivity contribution in [2.45, 2.75) is 59.0 Å². The van der Waals surface area contributed by atoms with Gasteiger partial charge in [0, 0.05) is 35.6 Å². The molecular formula is C26H36N6. The monoisotopic (exact) mass is 432 g/mol. The first-order valence-electron chi connectivity index (χ1n) is 11.6. The van der Waals surface area contributed by atoms with E-state index >= 15 is 0 Å². The highest BCUT2D eigenvalue weighted by molar-refractivity contribution is 5.94. The third-order valence-electron chi connectivity index (χ3n) is 7.54. The first kappa shape index (κ1) is 22.5. The second kappa shape index (κ2) is 8.66. The Hall–Kier alpha value is -2.73. The summed E-state index contributed by atoms with van der Waals surface area (Å²) in [6.07, 6.45) is 4.21. The van der Waals surface area contributed by atoms with Gasteiger partial charge >= 0.3 is 0 Å². The fourth-order valence-corrected chi connectivity index (χ4v) is 4.63. The van der Waals surface area contributed by atoms with E-state index in [2.05, 4.69) is 91.4 Å². The van der Waals surface area contributed by atoms with Gasteiger partial charge in [-0.1, -0.05) is 18.2 Å². The predicted molar refractivity (Wildman–Crippen MR) is 134 cm³/mol. The first-order valence-corrected chi connectivity index (χ1v) is 11.6. The second-order valence-electron chi connectivity index (χ2n) is 9.76. The molecule has 32 heavy (non-hydrogen) atoms. The fraction of sp³-hybridized carbons (Fsp3) is 0.500. The first-order chi connectivity index (χ1) is 15.2. The van der Waals surface area contributed by atoms with Gasteiger partial charge < -0.3 is 15.1 Å². The highest BCUT2D eigenvalue weighted by Crippen LogP contribution is 2.32. The summed E-state index contributed by atoms with van der Waals surface area (Å²) in [4.78, 5) is 9.56. The number of hydrogen-bond donors (Lipinski definition) is 1. The van der Waals surface area contributed by atoms with Crippen LogP contribution in [-0.4, -0.2) is 52.8 Å². The Bertz CT molecular complexity index is 1110. The number of fused-ring (bicyclic) bond motifs is 1. The molecule has 0 saturated carbocycles. The summed E-state index contributed by atoms with van der Waals surface area (Å²) in [7, 11) is 4.36. The van der Waals surface area contributed by atoms with E-state index < -0.39 is 0 Å². The lowest BCUT2D eigenvalue weighted by Gasteiger charge is -2.44. The van der Waals surface area contributed by atoms with Crippen LogP contribution >= 0.6 is 0 Å². The summed E-state index contributed by atoms with van der Waals surface area (Å²) < 4.78 is 0. The molecule has 170 valence electrons. The van der Waals surface area contributed by atoms with Gasteiger partial charge in [-0.15, -0.1) is 5.10 Å². The number of benzene rings is 1. The molecule has 1 fully saturated rings. The number of aryl methyl sites for hydroxylation is 2. The molecule has 1 aliphatic heterocycles. The third-order valence-corrected chi connectivity index (χ3v) is 7.54. The molecule has 0 bridgehead atoms. The molecule has 1 aromatic carbocycles. The van der Waals surface area contributed by atoms with Crippen molar-refractivity contribution >= 4 is 22.4 Å². The van der Waals surface area contributed by atoms with Crippen LogP contribution in [0.3, 0.4) is 0 Å². The number of aromatic nitrogens is 3. The van der Waals surface area contributed by atoms with E-state index in [4.69, 9.17) is 4.98 Å². The number of rotatable bonds is 5. The summed E-state index contributed by atoms with van der Waals surface area (Å²) in [6, 6.07) is 8.78. The summed E-state index contributed by atoms with van der Waals surface area (Å²) >= 11 is 0. The third kappa shape index (κ3) is 4.16. The predicted octanol–water partition coefficient (Wildman–Crippen LogP) is 5.04. The van der Waals surface area contributed by atoms with Crippen LogP contribution in [0, 0.1) is 20.8 Å². The largest absolute Gasteiger partial charge is 0.362 e. The highest BCUT2D eigenvalue weighted by Gasteiger charge is 2.32. The van der Waals surface area contributed by atoms with Gasteiger partial charge in [-0.25, -0.2) is 4.98 Å². The van der Waals surface area contributed by atoms with Crippen LogP contribution in [0.2, 0.25) is 0 Å². The van der Waals surface area contributed by atoms with E-state index in [9.17, 15) is 0 Å². The molecule has 6 heteroatoms. The van der Waals surface area contributed by atoms with E-state index in [-0.39, 0.29) is 11.6 Å². The minimum Gasteiger partial charge on any atom is -0.362 e. The van der Waals surface area contributed by atoms with E-state index in [0.717, 1.165) is 54.0 Å². The molecule has 1 atom stereocenters. The van der Waals surface area contributed by atoms with Crippen molar-refractivity contribution in [2.24, 2.45) is 0 Å². The van der Waals surface area contributed by atoms with Gasteiger partial charge in [-0.05, 0) is 84.3 Å². The van der Waals surface area contributed by atoms with Crippen molar-refractivity contribution in [1.29, 1.82) is 0 Å². The van der Waals surface area contributed by atoms with Crippen molar-refractivity contribution in [3.8, 4) is 0 Å². The lowest BCUT2D eigenvalue weighted by molar-refractivity contribution is 0.137. The summed E-state index contributed by atoms with van der Waals surface area (Å²) in [5.41, 5.74) is 5.06. The van der Waals surface area contributed by atoms with E-state index in [1.165, 1.54) is 16.7 Å². The van der Waals surface area contributed by atoms with Gasteiger partial charge in [-0.2, -0.15) is 5.10 Å². The van der Waals surface area contributed by atoms with Crippen molar-refractivity contribution in [1.82, 2.24) is 20.1 Å². The summed E-state index contributed by atoms with van der Waals surface area (Å²) in [6.45, 7) is 12.9. The second-order valence-corrected chi connectivity index (χ2v) is 9.76. The number of nitrogens with zero attached hydrogens (tertiary/aromatic N) is 5. The van der Waals surface area contributed by atoms with Crippen LogP contribution in [0.25, 0.3) is 10.8 Å². The van der Waals surface area contributed by atoms with Crippen LogP contribution in [-0.2, 0) is 0 Å². The Morgan fingerprint density at radius 2 is 1.78 bits per heavy atom. The smallest absolute Gasteiger partial charge is 0.157 e. The molecule has 1 aliphatic rings. The summed E-state index contributed by atoms with van der Waals surface area (Å²) in [5.74, 6) is 1.84. The van der Waals surface area contributed by atoms with Crippen LogP contribution in [0.1, 0.15) is 55.1 Å². The average Bonchev–Trinajstić information content (AvgIpc) is 2.77. The lowest BCUT2D eigenvalue weighted by atomic mass is 9.88. The van der Waals surface area contributed by atoms with Crippen molar-refractivity contribution in [3.05, 3.63) is 52.8 Å². The molecule has 0 radical (unpaired) electrons. The van der Waals surface area contributed by atoms with Gasteiger partial charge in [-0.3, -0.25) is 0 Å². The van der Waals surface area contributed by atoms with Gasteiger partial charge in [0.25, 0.3) is 0 Å². The highest BCUT2D eigenvalue weighted by atomic mass is 15.2. The maximum atomic E-state index is 4.80. The molecular weight excluding hydrogens is 396 g/mol. The van der Waals surface area contributed by atoms with Crippen LogP contribution in [0.15, 0.2) is 30.5 Å². The van der Waals surface area contributed by atoms with Crippen molar-refractivity contribution in [2.75, 3.05) is 37.4 Å². The molecule has 2 aromatic heterocycles. The number of piperidine rings is 1. The van der Waals surface area contributed by atoms with Crippen LogP contribution in [0.4, 0.5) is 11.6 Å². The maximum absolute atomic E-state index is 4.80. The van der Waals surface area contributed by atoms with Gasteiger partial charge in [0.2, 0.25) is 0 Å². The lowest BCUT2D eigenvalue weighted by Crippen LogP contribution is -2.50. The SMILES string of the molecule is Cc1cccc([C@@H](C)Nc2nnc(C)c3cnc(N4CCC(C)(N(C)C)CC4)cc23)c1C. The molecule has 0 spiro atoms. The molecule has 0 amide bonds. The summed E-state index contributed by atoms with van der Waals surface area (Å²) in [5, 5.41) is 14.7. The van der Waals surface area contributed by atoms with Gasteiger partial charge in [0.15, 0.2) is 5.82 Å². The quantitative estimate of drug-likeness (QED) is 0.609. The average molecular weight is 433 g/mol. The number of pyridine rings is 1. The number of anilines is 2. The molecule has 3 aromatic rings. The zero-order valence-corrected chi connectivity index (χ0v) is 20.5. The topological polar surface area (TPSA) is 57.2 Å². The normalized spacial score (nSPS) is 17.1. The zero-order valence-electron chi connectivity index (χ0n) is 20.5. The Labute approximate surface area is 192 Å². The van der Waals surface area contributed by atoms with Crippen LogP contribution < -0.4 is 10.2 Å². The Kier molecular flexibility index (Phi) is 6.08. The molecule has 0 aliphatic carbocycles. The minimum atomic E-state index is 0.127. The number of hydrogen-bond acceptors (Lipinski definition) is 6. The van der Waals surface area contributed by atoms with Crippen molar-refractivity contribution < 1.29 is 0 Å². The Morgan fingerprint density at radius 1 is 1.06 bits per heavy atom. The molecule has 6 nitrogen and oxygen atoms in total. The standard InChI is InChI=1S/C26H36N6/c1-17-9-8-10-21(18(17)2)19(3)28-25-22-15-24(27-16-23(22)20(4)29-30-25)32-13-11-26(5,12-14-32)31(6)7/h8-10,15-16,19H,11-14H2,1-7H3,(H,28,30)/t19-/m1/s1. The van der Waals surface area contributed by atoms with Gasteiger partial charge in [0.05, 0.1) is 11.7 Å². The molecule has 0 unspecified atom stereocenters. The van der Waals surface area contributed by atoms with Gasteiger partial charge in [0.1, 0.15) is 5.82 Å². The van der Waals surface area contributed by atoms with E-state index in [1.54, 1.807) is 0 Å². The molecule has 4 rings (SSSR count). The number of nitrogens with one attached hydrogen (secondary N) is 1. The van der Waals surface area contributed by atoms with E-state index in [1.807, 2.05) is 13.1 Å². The van der Waals surface area contributed by atoms with Crippen molar-refractivity contribution in [3.63, 3.8) is 0 Å². The maximum Gasteiger partial charge on any atom is 0.157 e.